The van der Waals surface area contributed by atoms with Crippen molar-refractivity contribution in [2.24, 2.45) is 0 Å². The van der Waals surface area contributed by atoms with E-state index in [4.69, 9.17) is 0 Å². The molecular formula is C8H14BF4N2-. The van der Waals surface area contributed by atoms with E-state index < -0.39 is 7.25 Å². The summed E-state index contributed by atoms with van der Waals surface area (Å²) in [7, 11) is -6.00. The van der Waals surface area contributed by atoms with Gasteiger partial charge in [0.15, 0.2) is 0 Å². The number of nitrogens with zero attached hydrogens (tertiary/aromatic N) is 2. The molecule has 0 aromatic carbocycles. The third-order valence-corrected chi connectivity index (χ3v) is 1.68. The summed E-state index contributed by atoms with van der Waals surface area (Å²) in [5, 5.41) is 0. The molecule has 0 unspecified atom stereocenters. The molecule has 0 aliphatic heterocycles. The van der Waals surface area contributed by atoms with Crippen molar-refractivity contribution < 1.29 is 17.3 Å². The van der Waals surface area contributed by atoms with E-state index in [0.29, 0.717) is 0 Å². The lowest BCUT2D eigenvalue weighted by atomic mass is 10.3. The Hall–Kier alpha value is -1.01. The summed E-state index contributed by atoms with van der Waals surface area (Å²) >= 11 is 0. The van der Waals surface area contributed by atoms with Gasteiger partial charge in [-0.1, -0.05) is 13.3 Å². The van der Waals surface area contributed by atoms with Crippen molar-refractivity contribution in [3.8, 4) is 0 Å². The predicted octanol–water partition coefficient (Wildman–Crippen LogP) is 3.29. The van der Waals surface area contributed by atoms with E-state index in [1.54, 1.807) is 0 Å². The van der Waals surface area contributed by atoms with E-state index in [-0.39, 0.29) is 0 Å². The monoisotopic (exact) mass is 225 g/mol. The van der Waals surface area contributed by atoms with Crippen LogP contribution in [0.1, 0.15) is 25.6 Å². The second-order valence-electron chi connectivity index (χ2n) is 3.02. The Balaban J connectivity index is 0.000000336. The Morgan fingerprint density at radius 1 is 1.33 bits per heavy atom. The highest BCUT2D eigenvalue weighted by Gasteiger charge is 2.20. The van der Waals surface area contributed by atoms with Crippen LogP contribution in [-0.4, -0.2) is 16.8 Å². The lowest BCUT2D eigenvalue weighted by molar-refractivity contribution is 0.368. The number of rotatable bonds is 3. The van der Waals surface area contributed by atoms with E-state index in [2.05, 4.69) is 16.5 Å². The third-order valence-electron chi connectivity index (χ3n) is 1.68. The van der Waals surface area contributed by atoms with Crippen LogP contribution >= 0.6 is 0 Å². The maximum atomic E-state index is 9.75. The van der Waals surface area contributed by atoms with Crippen LogP contribution in [0.4, 0.5) is 17.3 Å². The van der Waals surface area contributed by atoms with Crippen LogP contribution < -0.4 is 0 Å². The molecule has 0 bridgehead atoms. The van der Waals surface area contributed by atoms with E-state index in [1.165, 1.54) is 12.8 Å². The Morgan fingerprint density at radius 3 is 2.20 bits per heavy atom. The summed E-state index contributed by atoms with van der Waals surface area (Å²) < 4.78 is 41.2. The van der Waals surface area contributed by atoms with Crippen LogP contribution in [0.25, 0.3) is 0 Å². The number of aromatic nitrogens is 2. The summed E-state index contributed by atoms with van der Waals surface area (Å²) in [5.41, 5.74) is 0. The molecule has 2 nitrogen and oxygen atoms in total. The van der Waals surface area contributed by atoms with Crippen LogP contribution in [0.3, 0.4) is 0 Å². The number of imidazole rings is 1. The third kappa shape index (κ3) is 9.30. The smallest absolute Gasteiger partial charge is 0.418 e. The fraction of sp³-hybridized carbons (Fsp3) is 0.625. The Bertz CT molecular complexity index is 266. The fourth-order valence-corrected chi connectivity index (χ4v) is 0.969. The predicted molar refractivity (Wildman–Crippen MR) is 52.1 cm³/mol. The van der Waals surface area contributed by atoms with Gasteiger partial charge in [0, 0.05) is 18.9 Å². The number of unbranched alkanes of at least 4 members (excludes halogenated alkanes) is 1. The molecule has 0 fully saturated rings. The van der Waals surface area contributed by atoms with Crippen molar-refractivity contribution in [3.63, 3.8) is 0 Å². The SMILES string of the molecule is CCCCn1ccnc1C.F[B-](F)(F)F. The molecule has 88 valence electrons. The zero-order valence-electron chi connectivity index (χ0n) is 8.76. The zero-order valence-corrected chi connectivity index (χ0v) is 8.76. The topological polar surface area (TPSA) is 17.8 Å². The summed E-state index contributed by atoms with van der Waals surface area (Å²) in [5.74, 6) is 1.12. The van der Waals surface area contributed by atoms with Gasteiger partial charge in [0.1, 0.15) is 5.82 Å². The molecule has 0 saturated heterocycles. The molecule has 7 heteroatoms. The molecule has 0 radical (unpaired) electrons. The summed E-state index contributed by atoms with van der Waals surface area (Å²) in [4.78, 5) is 4.13. The molecular weight excluding hydrogens is 211 g/mol. The van der Waals surface area contributed by atoms with Gasteiger partial charge in [-0.3, -0.25) is 0 Å². The van der Waals surface area contributed by atoms with Gasteiger partial charge in [-0.2, -0.15) is 0 Å². The van der Waals surface area contributed by atoms with Gasteiger partial charge in [0.2, 0.25) is 0 Å². The standard InChI is InChI=1S/C8H14N2.BF4/c1-3-4-6-10-7-5-9-8(10)2;2-1(3,4)5/h5,7H,3-4,6H2,1-2H3;/q;-1. The molecule has 0 N–H and O–H groups in total. The quantitative estimate of drug-likeness (QED) is 0.570. The molecule has 0 saturated carbocycles. The first-order chi connectivity index (χ1) is 6.84. The molecule has 15 heavy (non-hydrogen) atoms. The maximum Gasteiger partial charge on any atom is 0.673 e. The average molecular weight is 225 g/mol. The minimum Gasteiger partial charge on any atom is -0.418 e. The van der Waals surface area contributed by atoms with Crippen LogP contribution in [-0.2, 0) is 6.54 Å². The van der Waals surface area contributed by atoms with Gasteiger partial charge in [-0.15, -0.1) is 0 Å². The van der Waals surface area contributed by atoms with E-state index in [0.717, 1.165) is 12.4 Å². The van der Waals surface area contributed by atoms with Gasteiger partial charge < -0.3 is 21.8 Å². The Morgan fingerprint density at radius 2 is 1.87 bits per heavy atom. The molecule has 0 aliphatic carbocycles. The van der Waals surface area contributed by atoms with Crippen LogP contribution in [0.2, 0.25) is 0 Å². The summed E-state index contributed by atoms with van der Waals surface area (Å²) in [6, 6.07) is 0. The average Bonchev–Trinajstić information content (AvgIpc) is 2.45. The van der Waals surface area contributed by atoms with Crippen molar-refractivity contribution in [1.82, 2.24) is 9.55 Å². The van der Waals surface area contributed by atoms with Crippen molar-refractivity contribution >= 4 is 7.25 Å². The molecule has 1 aromatic heterocycles. The van der Waals surface area contributed by atoms with Crippen molar-refractivity contribution in [3.05, 3.63) is 18.2 Å². The molecule has 1 aromatic rings. The molecule has 0 aliphatic rings. The van der Waals surface area contributed by atoms with E-state index >= 15 is 0 Å². The fourth-order valence-electron chi connectivity index (χ4n) is 0.969. The zero-order chi connectivity index (χ0) is 11.9. The highest BCUT2D eigenvalue weighted by atomic mass is 19.5. The highest BCUT2D eigenvalue weighted by molar-refractivity contribution is 6.50. The van der Waals surface area contributed by atoms with Gasteiger partial charge in [-0.25, -0.2) is 4.98 Å². The minimum atomic E-state index is -6.00. The first-order valence-electron chi connectivity index (χ1n) is 4.69. The Kier molecular flexibility index (Phi) is 6.04. The lowest BCUT2D eigenvalue weighted by Crippen LogP contribution is -2.02. The summed E-state index contributed by atoms with van der Waals surface area (Å²) in [6.07, 6.45) is 6.38. The number of hydrogen-bond acceptors (Lipinski definition) is 1. The van der Waals surface area contributed by atoms with E-state index in [9.17, 15) is 17.3 Å². The Labute approximate surface area is 86.4 Å². The van der Waals surface area contributed by atoms with Crippen LogP contribution in [0.5, 0.6) is 0 Å². The lowest BCUT2D eigenvalue weighted by Gasteiger charge is -2.01. The second kappa shape index (κ2) is 6.47. The van der Waals surface area contributed by atoms with Gasteiger partial charge >= 0.3 is 7.25 Å². The van der Waals surface area contributed by atoms with Crippen molar-refractivity contribution in [2.75, 3.05) is 0 Å². The van der Waals surface area contributed by atoms with Gasteiger partial charge in [-0.05, 0) is 13.3 Å². The first kappa shape index (κ1) is 14.0. The van der Waals surface area contributed by atoms with E-state index in [1.807, 2.05) is 19.3 Å². The number of aryl methyl sites for hydroxylation is 2. The van der Waals surface area contributed by atoms with Gasteiger partial charge in [0.25, 0.3) is 0 Å². The molecule has 1 heterocycles. The molecule has 0 atom stereocenters. The van der Waals surface area contributed by atoms with Crippen molar-refractivity contribution in [1.29, 1.82) is 0 Å². The number of halogens is 4. The maximum absolute atomic E-state index is 9.75. The second-order valence-corrected chi connectivity index (χ2v) is 3.02. The molecule has 1 rings (SSSR count). The first-order valence-corrected chi connectivity index (χ1v) is 4.69. The molecule has 0 spiro atoms. The highest BCUT2D eigenvalue weighted by Crippen LogP contribution is 2.06. The van der Waals surface area contributed by atoms with Crippen molar-refractivity contribution in [2.45, 2.75) is 33.2 Å². The molecule has 0 amide bonds. The normalized spacial score (nSPS) is 10.8. The van der Waals surface area contributed by atoms with Gasteiger partial charge in [0.05, 0.1) is 0 Å². The largest absolute Gasteiger partial charge is 0.673 e. The summed E-state index contributed by atoms with van der Waals surface area (Å²) in [6.45, 7) is 5.35. The number of hydrogen-bond donors (Lipinski definition) is 0. The van der Waals surface area contributed by atoms with Crippen LogP contribution in [0.15, 0.2) is 12.4 Å². The minimum absolute atomic E-state index is 1.11. The van der Waals surface area contributed by atoms with Crippen LogP contribution in [0, 0.1) is 6.92 Å².